The second kappa shape index (κ2) is 7.68. The van der Waals surface area contributed by atoms with Crippen LogP contribution in [0, 0.1) is 0 Å². The molecule has 152 valence electrons. The van der Waals surface area contributed by atoms with Crippen LogP contribution in [0.5, 0.6) is 5.75 Å². The predicted molar refractivity (Wildman–Crippen MR) is 118 cm³/mol. The predicted octanol–water partition coefficient (Wildman–Crippen LogP) is 4.31. The van der Waals surface area contributed by atoms with Gasteiger partial charge in [0, 0.05) is 29.4 Å². The number of carbonyl (C=O) groups is 1. The van der Waals surface area contributed by atoms with Crippen molar-refractivity contribution in [1.29, 1.82) is 0 Å². The molecule has 0 unspecified atom stereocenters. The van der Waals surface area contributed by atoms with Gasteiger partial charge in [-0.1, -0.05) is 30.9 Å². The number of rotatable bonds is 5. The average Bonchev–Trinajstić information content (AvgIpc) is 2.77. The van der Waals surface area contributed by atoms with Gasteiger partial charge in [-0.25, -0.2) is 8.42 Å². The number of sulfonamides is 1. The number of nitrogens with zero attached hydrogens (tertiary/aromatic N) is 1. The summed E-state index contributed by atoms with van der Waals surface area (Å²) in [6.07, 6.45) is 1.66. The maximum absolute atomic E-state index is 12.8. The Morgan fingerprint density at radius 2 is 1.80 bits per heavy atom. The Morgan fingerprint density at radius 1 is 1.07 bits per heavy atom. The van der Waals surface area contributed by atoms with Crippen LogP contribution in [0.25, 0.3) is 11.1 Å². The van der Waals surface area contributed by atoms with Crippen molar-refractivity contribution in [1.82, 2.24) is 0 Å². The lowest BCUT2D eigenvalue weighted by molar-refractivity contribution is 0.102. The van der Waals surface area contributed by atoms with Crippen LogP contribution in [0.1, 0.15) is 10.4 Å². The molecule has 4 rings (SSSR count). The number of nitrogens with one attached hydrogen (secondary N) is 1. The number of hydrogen-bond acceptors (Lipinski definition) is 4. The average molecular weight is 420 g/mol. The van der Waals surface area contributed by atoms with E-state index in [1.165, 1.54) is 11.4 Å². The van der Waals surface area contributed by atoms with Gasteiger partial charge in [0.25, 0.3) is 15.9 Å². The third-order valence-corrected chi connectivity index (χ3v) is 6.72. The zero-order valence-electron chi connectivity index (χ0n) is 16.3. The largest absolute Gasteiger partial charge is 0.490 e. The van der Waals surface area contributed by atoms with Crippen molar-refractivity contribution in [3.63, 3.8) is 0 Å². The Kier molecular flexibility index (Phi) is 5.05. The summed E-state index contributed by atoms with van der Waals surface area (Å²) >= 11 is 0. The molecule has 0 saturated heterocycles. The van der Waals surface area contributed by atoms with Crippen LogP contribution in [0.4, 0.5) is 11.4 Å². The molecule has 1 N–H and O–H groups in total. The Bertz CT molecular complexity index is 1230. The minimum atomic E-state index is -3.61. The van der Waals surface area contributed by atoms with E-state index in [-0.39, 0.29) is 10.8 Å². The monoisotopic (exact) mass is 420 g/mol. The summed E-state index contributed by atoms with van der Waals surface area (Å²) in [5.41, 5.74) is 2.88. The molecule has 0 saturated carbocycles. The van der Waals surface area contributed by atoms with Gasteiger partial charge in [-0.15, -0.1) is 0 Å². The molecule has 0 radical (unpaired) electrons. The second-order valence-corrected chi connectivity index (χ2v) is 8.72. The highest BCUT2D eigenvalue weighted by molar-refractivity contribution is 7.93. The lowest BCUT2D eigenvalue weighted by Crippen LogP contribution is -2.30. The van der Waals surface area contributed by atoms with Gasteiger partial charge in [0.1, 0.15) is 12.4 Å². The molecule has 6 nitrogen and oxygen atoms in total. The van der Waals surface area contributed by atoms with Crippen molar-refractivity contribution >= 4 is 27.3 Å². The smallest absolute Gasteiger partial charge is 0.264 e. The molecule has 3 aromatic rings. The molecule has 30 heavy (non-hydrogen) atoms. The highest BCUT2D eigenvalue weighted by Crippen LogP contribution is 2.42. The first-order valence-corrected chi connectivity index (χ1v) is 10.7. The summed E-state index contributed by atoms with van der Waals surface area (Å²) in [6, 6.07) is 18.8. The van der Waals surface area contributed by atoms with Gasteiger partial charge >= 0.3 is 0 Å². The Balaban J connectivity index is 1.63. The lowest BCUT2D eigenvalue weighted by Gasteiger charge is -2.29. The van der Waals surface area contributed by atoms with Crippen molar-refractivity contribution < 1.29 is 17.9 Å². The highest BCUT2D eigenvalue weighted by atomic mass is 32.2. The maximum Gasteiger partial charge on any atom is 0.264 e. The number of fused-ring (bicyclic) bond motifs is 3. The summed E-state index contributed by atoms with van der Waals surface area (Å²) in [7, 11) is -2.10. The van der Waals surface area contributed by atoms with Crippen LogP contribution >= 0.6 is 0 Å². The molecule has 7 heteroatoms. The zero-order chi connectivity index (χ0) is 21.3. The van der Waals surface area contributed by atoms with Gasteiger partial charge < -0.3 is 10.1 Å². The molecular formula is C23H20N2O4S. The van der Waals surface area contributed by atoms with E-state index in [0.717, 1.165) is 0 Å². The third-order valence-electron chi connectivity index (χ3n) is 4.89. The third kappa shape index (κ3) is 3.44. The summed E-state index contributed by atoms with van der Waals surface area (Å²) in [4.78, 5) is 13.0. The second-order valence-electron chi connectivity index (χ2n) is 6.78. The molecule has 1 aliphatic heterocycles. The Hall–Kier alpha value is -3.58. The van der Waals surface area contributed by atoms with E-state index in [0.29, 0.717) is 40.4 Å². The molecule has 0 fully saturated rings. The van der Waals surface area contributed by atoms with Crippen molar-refractivity contribution in [2.45, 2.75) is 4.90 Å². The molecule has 1 heterocycles. The van der Waals surface area contributed by atoms with Crippen molar-refractivity contribution in [2.24, 2.45) is 0 Å². The summed E-state index contributed by atoms with van der Waals surface area (Å²) < 4.78 is 32.2. The quantitative estimate of drug-likeness (QED) is 0.624. The molecule has 3 aromatic carbocycles. The lowest BCUT2D eigenvalue weighted by atomic mass is 10.00. The van der Waals surface area contributed by atoms with E-state index in [9.17, 15) is 13.2 Å². The van der Waals surface area contributed by atoms with Gasteiger partial charge in [0.05, 0.1) is 10.6 Å². The van der Waals surface area contributed by atoms with E-state index in [2.05, 4.69) is 11.9 Å². The summed E-state index contributed by atoms with van der Waals surface area (Å²) in [5.74, 6) is 0.397. The number of amides is 1. The van der Waals surface area contributed by atoms with Gasteiger partial charge in [0.15, 0.2) is 0 Å². The standard InChI is InChI=1S/C23H20N2O4S/c1-3-14-29-18-11-9-17(10-12-18)24-23(26)16-8-13-21-20(15-16)19-6-4-5-7-22(19)30(27,28)25(21)2/h3-13,15H,1,14H2,2H3,(H,24,26). The first-order valence-electron chi connectivity index (χ1n) is 9.29. The number of hydrogen-bond donors (Lipinski definition) is 1. The maximum atomic E-state index is 12.8. The van der Waals surface area contributed by atoms with E-state index in [1.54, 1.807) is 72.8 Å². The Morgan fingerprint density at radius 3 is 2.53 bits per heavy atom. The topological polar surface area (TPSA) is 75.7 Å². The first kappa shape index (κ1) is 19.7. The fourth-order valence-electron chi connectivity index (χ4n) is 3.35. The zero-order valence-corrected chi connectivity index (χ0v) is 17.1. The SMILES string of the molecule is C=CCOc1ccc(NC(=O)c2ccc3c(c2)-c2ccccc2S(=O)(=O)N3C)cc1. The molecular weight excluding hydrogens is 400 g/mol. The van der Waals surface area contributed by atoms with Crippen LogP contribution in [0.3, 0.4) is 0 Å². The summed E-state index contributed by atoms with van der Waals surface area (Å²) in [5, 5.41) is 2.85. The molecule has 0 bridgehead atoms. The van der Waals surface area contributed by atoms with E-state index in [4.69, 9.17) is 4.74 Å². The van der Waals surface area contributed by atoms with Crippen molar-refractivity contribution in [3.05, 3.63) is 84.9 Å². The molecule has 0 aromatic heterocycles. The minimum Gasteiger partial charge on any atom is -0.490 e. The summed E-state index contributed by atoms with van der Waals surface area (Å²) in [6.45, 7) is 4.01. The van der Waals surface area contributed by atoms with Crippen LogP contribution in [-0.4, -0.2) is 28.0 Å². The van der Waals surface area contributed by atoms with Gasteiger partial charge in [0.2, 0.25) is 0 Å². The number of ether oxygens (including phenoxy) is 1. The first-order chi connectivity index (χ1) is 14.4. The van der Waals surface area contributed by atoms with E-state index < -0.39 is 10.0 Å². The van der Waals surface area contributed by atoms with Crippen LogP contribution in [0.2, 0.25) is 0 Å². The molecule has 1 aliphatic rings. The number of anilines is 2. The van der Waals surface area contributed by atoms with Crippen LogP contribution < -0.4 is 14.4 Å². The van der Waals surface area contributed by atoms with Crippen LogP contribution in [0.15, 0.2) is 84.3 Å². The molecule has 0 atom stereocenters. The fraction of sp³-hybridized carbons (Fsp3) is 0.0870. The van der Waals surface area contributed by atoms with Crippen LogP contribution in [-0.2, 0) is 10.0 Å². The van der Waals surface area contributed by atoms with Gasteiger partial charge in [-0.3, -0.25) is 9.10 Å². The van der Waals surface area contributed by atoms with Crippen molar-refractivity contribution in [3.8, 4) is 16.9 Å². The highest BCUT2D eigenvalue weighted by Gasteiger charge is 2.32. The molecule has 0 spiro atoms. The van der Waals surface area contributed by atoms with Gasteiger partial charge in [-0.05, 0) is 48.5 Å². The molecule has 1 amide bonds. The normalized spacial score (nSPS) is 13.7. The number of carbonyl (C=O) groups excluding carboxylic acids is 1. The Labute approximate surface area is 175 Å². The van der Waals surface area contributed by atoms with Crippen molar-refractivity contribution in [2.75, 3.05) is 23.3 Å². The molecule has 0 aliphatic carbocycles. The fourth-order valence-corrected chi connectivity index (χ4v) is 4.77. The van der Waals surface area contributed by atoms with Gasteiger partial charge in [-0.2, -0.15) is 0 Å². The number of benzene rings is 3. The minimum absolute atomic E-state index is 0.229. The van der Waals surface area contributed by atoms with E-state index >= 15 is 0 Å². The van der Waals surface area contributed by atoms with E-state index in [1.807, 2.05) is 0 Å².